The van der Waals surface area contributed by atoms with Crippen LogP contribution in [0.2, 0.25) is 0 Å². The molecule has 2 rings (SSSR count). The molecule has 0 atom stereocenters. The molecule has 2 N–H and O–H groups in total. The molecule has 90 valence electrons. The molecule has 0 saturated carbocycles. The number of aromatic nitrogens is 1. The van der Waals surface area contributed by atoms with Crippen LogP contribution in [-0.4, -0.2) is 11.5 Å². The standard InChI is InChI=1S/C12H12F2N2S/c1-7-12(16-11(17-7)4-5-15)9-3-2-8(13)6-10(9)14/h2-3,6H,4-5,15H2,1H3. The molecule has 0 saturated heterocycles. The predicted octanol–water partition coefficient (Wildman–Crippen LogP) is 2.90. The summed E-state index contributed by atoms with van der Waals surface area (Å²) in [6, 6.07) is 3.52. The Hall–Kier alpha value is -1.33. The molecule has 2 nitrogen and oxygen atoms in total. The van der Waals surface area contributed by atoms with Crippen LogP contribution in [0.5, 0.6) is 0 Å². The third-order valence-corrected chi connectivity index (χ3v) is 3.42. The van der Waals surface area contributed by atoms with Crippen molar-refractivity contribution in [1.82, 2.24) is 4.98 Å². The van der Waals surface area contributed by atoms with E-state index in [0.29, 0.717) is 24.2 Å². The van der Waals surface area contributed by atoms with Crippen LogP contribution >= 0.6 is 11.3 Å². The van der Waals surface area contributed by atoms with Gasteiger partial charge in [0.15, 0.2) is 0 Å². The summed E-state index contributed by atoms with van der Waals surface area (Å²) in [6.45, 7) is 2.38. The number of nitrogens with two attached hydrogens (primary N) is 1. The van der Waals surface area contributed by atoms with Crippen LogP contribution in [-0.2, 0) is 6.42 Å². The van der Waals surface area contributed by atoms with Gasteiger partial charge in [0.05, 0.1) is 10.7 Å². The average molecular weight is 254 g/mol. The van der Waals surface area contributed by atoms with Crippen molar-refractivity contribution in [2.24, 2.45) is 5.73 Å². The van der Waals surface area contributed by atoms with E-state index in [2.05, 4.69) is 4.98 Å². The zero-order valence-electron chi connectivity index (χ0n) is 9.34. The van der Waals surface area contributed by atoms with Crippen molar-refractivity contribution in [2.75, 3.05) is 6.54 Å². The van der Waals surface area contributed by atoms with Crippen LogP contribution in [0, 0.1) is 18.6 Å². The molecule has 17 heavy (non-hydrogen) atoms. The Morgan fingerprint density at radius 3 is 2.76 bits per heavy atom. The summed E-state index contributed by atoms with van der Waals surface area (Å²) in [5.41, 5.74) is 6.37. The summed E-state index contributed by atoms with van der Waals surface area (Å²) in [5, 5.41) is 0.878. The molecule has 0 unspecified atom stereocenters. The van der Waals surface area contributed by atoms with Crippen LogP contribution in [0.4, 0.5) is 8.78 Å². The first-order valence-corrected chi connectivity index (χ1v) is 6.05. The van der Waals surface area contributed by atoms with E-state index in [1.54, 1.807) is 0 Å². The number of halogens is 2. The fourth-order valence-corrected chi connectivity index (χ4v) is 2.58. The van der Waals surface area contributed by atoms with E-state index in [4.69, 9.17) is 5.73 Å². The second-order valence-electron chi connectivity index (χ2n) is 3.68. The minimum Gasteiger partial charge on any atom is -0.330 e. The second-order valence-corrected chi connectivity index (χ2v) is 4.96. The smallest absolute Gasteiger partial charge is 0.135 e. The first-order valence-electron chi connectivity index (χ1n) is 5.23. The Balaban J connectivity index is 2.45. The van der Waals surface area contributed by atoms with Gasteiger partial charge >= 0.3 is 0 Å². The van der Waals surface area contributed by atoms with Crippen molar-refractivity contribution in [2.45, 2.75) is 13.3 Å². The van der Waals surface area contributed by atoms with E-state index in [1.165, 1.54) is 23.5 Å². The normalized spacial score (nSPS) is 10.8. The van der Waals surface area contributed by atoms with Gasteiger partial charge < -0.3 is 5.73 Å². The van der Waals surface area contributed by atoms with Gasteiger partial charge in [0, 0.05) is 22.9 Å². The lowest BCUT2D eigenvalue weighted by Gasteiger charge is -2.00. The Kier molecular flexibility index (Phi) is 3.49. The van der Waals surface area contributed by atoms with E-state index in [9.17, 15) is 8.78 Å². The predicted molar refractivity (Wildman–Crippen MR) is 65.0 cm³/mol. The molecule has 5 heteroatoms. The van der Waals surface area contributed by atoms with Crippen molar-refractivity contribution in [3.63, 3.8) is 0 Å². The zero-order valence-corrected chi connectivity index (χ0v) is 10.2. The molecule has 0 spiro atoms. The number of thiazole rings is 1. The van der Waals surface area contributed by atoms with E-state index in [-0.39, 0.29) is 0 Å². The number of aryl methyl sites for hydroxylation is 1. The number of rotatable bonds is 3. The van der Waals surface area contributed by atoms with Crippen molar-refractivity contribution < 1.29 is 8.78 Å². The molecule has 0 fully saturated rings. The maximum Gasteiger partial charge on any atom is 0.135 e. The quantitative estimate of drug-likeness (QED) is 0.914. The van der Waals surface area contributed by atoms with E-state index in [0.717, 1.165) is 16.0 Å². The largest absolute Gasteiger partial charge is 0.330 e. The molecule has 1 heterocycles. The van der Waals surface area contributed by atoms with Crippen LogP contribution in [0.1, 0.15) is 9.88 Å². The van der Waals surface area contributed by atoms with Crippen LogP contribution in [0.3, 0.4) is 0 Å². The van der Waals surface area contributed by atoms with Crippen molar-refractivity contribution >= 4 is 11.3 Å². The van der Waals surface area contributed by atoms with Gasteiger partial charge in [0.2, 0.25) is 0 Å². The summed E-state index contributed by atoms with van der Waals surface area (Å²) in [7, 11) is 0. The van der Waals surface area contributed by atoms with Crippen LogP contribution < -0.4 is 5.73 Å². The van der Waals surface area contributed by atoms with Gasteiger partial charge in [-0.2, -0.15) is 0 Å². The SMILES string of the molecule is Cc1sc(CCN)nc1-c1ccc(F)cc1F. The van der Waals surface area contributed by atoms with Crippen molar-refractivity contribution in [1.29, 1.82) is 0 Å². The number of benzene rings is 1. The highest BCUT2D eigenvalue weighted by atomic mass is 32.1. The molecule has 0 aliphatic rings. The van der Waals surface area contributed by atoms with E-state index in [1.807, 2.05) is 6.92 Å². The first-order chi connectivity index (χ1) is 8.11. The Morgan fingerprint density at radius 1 is 1.35 bits per heavy atom. The number of hydrogen-bond donors (Lipinski definition) is 1. The second kappa shape index (κ2) is 4.89. The third kappa shape index (κ3) is 2.50. The summed E-state index contributed by atoms with van der Waals surface area (Å²) < 4.78 is 26.4. The molecule has 1 aromatic heterocycles. The fourth-order valence-electron chi connectivity index (χ4n) is 1.61. The zero-order chi connectivity index (χ0) is 12.4. The monoisotopic (exact) mass is 254 g/mol. The highest BCUT2D eigenvalue weighted by molar-refractivity contribution is 7.12. The lowest BCUT2D eigenvalue weighted by atomic mass is 10.1. The average Bonchev–Trinajstić information content (AvgIpc) is 2.60. The van der Waals surface area contributed by atoms with Crippen LogP contribution in [0.25, 0.3) is 11.3 Å². The summed E-state index contributed by atoms with van der Waals surface area (Å²) in [6.07, 6.45) is 0.675. The molecule has 1 aromatic carbocycles. The van der Waals surface area contributed by atoms with Gasteiger partial charge in [-0.15, -0.1) is 11.3 Å². The fraction of sp³-hybridized carbons (Fsp3) is 0.250. The molecule has 0 radical (unpaired) electrons. The Bertz CT molecular complexity index is 537. The van der Waals surface area contributed by atoms with Gasteiger partial charge in [-0.1, -0.05) is 0 Å². The summed E-state index contributed by atoms with van der Waals surface area (Å²) in [4.78, 5) is 5.25. The number of nitrogens with zero attached hydrogens (tertiary/aromatic N) is 1. The molecule has 0 aliphatic carbocycles. The van der Waals surface area contributed by atoms with E-state index < -0.39 is 11.6 Å². The molecule has 0 bridgehead atoms. The van der Waals surface area contributed by atoms with Gasteiger partial charge in [-0.3, -0.25) is 0 Å². The molecule has 2 aromatic rings. The maximum absolute atomic E-state index is 13.6. The van der Waals surface area contributed by atoms with E-state index >= 15 is 0 Å². The summed E-state index contributed by atoms with van der Waals surface area (Å²) in [5.74, 6) is -1.17. The third-order valence-electron chi connectivity index (χ3n) is 2.39. The number of hydrogen-bond acceptors (Lipinski definition) is 3. The topological polar surface area (TPSA) is 38.9 Å². The molecular weight excluding hydrogens is 242 g/mol. The maximum atomic E-state index is 13.6. The first kappa shape index (κ1) is 12.1. The minimum atomic E-state index is -0.585. The van der Waals surface area contributed by atoms with Gasteiger partial charge in [0.25, 0.3) is 0 Å². The van der Waals surface area contributed by atoms with Gasteiger partial charge in [-0.25, -0.2) is 13.8 Å². The highest BCUT2D eigenvalue weighted by Gasteiger charge is 2.13. The van der Waals surface area contributed by atoms with Gasteiger partial charge in [0.1, 0.15) is 11.6 Å². The highest BCUT2D eigenvalue weighted by Crippen LogP contribution is 2.29. The van der Waals surface area contributed by atoms with Gasteiger partial charge in [-0.05, 0) is 25.6 Å². The Morgan fingerprint density at radius 2 is 2.12 bits per heavy atom. The lowest BCUT2D eigenvalue weighted by Crippen LogP contribution is -2.02. The molecule has 0 amide bonds. The van der Waals surface area contributed by atoms with Crippen LogP contribution in [0.15, 0.2) is 18.2 Å². The van der Waals surface area contributed by atoms with Crippen molar-refractivity contribution in [3.05, 3.63) is 39.7 Å². The Labute approximate surface area is 102 Å². The lowest BCUT2D eigenvalue weighted by molar-refractivity contribution is 0.585. The molecular formula is C12H12F2N2S. The minimum absolute atomic E-state index is 0.337. The molecule has 0 aliphatic heterocycles. The van der Waals surface area contributed by atoms with Crippen molar-refractivity contribution in [3.8, 4) is 11.3 Å². The summed E-state index contributed by atoms with van der Waals surface area (Å²) >= 11 is 1.50.